The Bertz CT molecular complexity index is 353. The summed E-state index contributed by atoms with van der Waals surface area (Å²) in [5, 5.41) is 10.3. The molecule has 0 aliphatic heterocycles. The fourth-order valence-corrected chi connectivity index (χ4v) is 5.57. The molecular formula is C19H40O8Si. The fraction of sp³-hybridized carbons (Fsp3) is 1.00. The molecule has 0 saturated heterocycles. The highest BCUT2D eigenvalue weighted by Gasteiger charge is 2.35. The Hall–Kier alpha value is -0.103. The van der Waals surface area contributed by atoms with E-state index in [4.69, 9.17) is 32.5 Å². The van der Waals surface area contributed by atoms with Crippen molar-refractivity contribution in [2.75, 3.05) is 67.6 Å². The van der Waals surface area contributed by atoms with Crippen LogP contribution in [0.1, 0.15) is 32.6 Å². The average Bonchev–Trinajstić information content (AvgIpc) is 2.69. The lowest BCUT2D eigenvalue weighted by molar-refractivity contribution is -0.0855. The van der Waals surface area contributed by atoms with Gasteiger partial charge in [-0.3, -0.25) is 0 Å². The number of hydrogen-bond donors (Lipinski definition) is 1. The maximum Gasteiger partial charge on any atom is 0.351 e. The largest absolute Gasteiger partial charge is 0.393 e. The Morgan fingerprint density at radius 3 is 2.07 bits per heavy atom. The topological polar surface area (TPSA) is 84.8 Å². The van der Waals surface area contributed by atoms with E-state index < -0.39 is 15.4 Å². The van der Waals surface area contributed by atoms with Gasteiger partial charge >= 0.3 is 9.28 Å². The maximum atomic E-state index is 10.3. The molecule has 1 aliphatic rings. The van der Waals surface area contributed by atoms with Crippen LogP contribution in [-0.4, -0.2) is 99.9 Å². The minimum Gasteiger partial charge on any atom is -0.393 e. The van der Waals surface area contributed by atoms with E-state index in [1.165, 1.54) is 0 Å². The van der Waals surface area contributed by atoms with Crippen LogP contribution in [0.15, 0.2) is 0 Å². The van der Waals surface area contributed by atoms with E-state index in [1.54, 1.807) is 21.3 Å². The second kappa shape index (κ2) is 16.7. The highest BCUT2D eigenvalue weighted by molar-refractivity contribution is 6.46. The third-order valence-corrected chi connectivity index (χ3v) is 7.07. The summed E-state index contributed by atoms with van der Waals surface area (Å²) in [5.74, 6) is 0.402. The average molecular weight is 425 g/mol. The van der Waals surface area contributed by atoms with E-state index in [1.807, 2.05) is 6.92 Å². The lowest BCUT2D eigenvalue weighted by Gasteiger charge is -2.35. The zero-order valence-electron chi connectivity index (χ0n) is 18.0. The summed E-state index contributed by atoms with van der Waals surface area (Å²) in [6, 6.07) is 0. The van der Waals surface area contributed by atoms with Gasteiger partial charge in [-0.25, -0.2) is 0 Å². The lowest BCUT2D eigenvalue weighted by Crippen LogP contribution is -2.44. The van der Waals surface area contributed by atoms with Crippen LogP contribution in [0.4, 0.5) is 0 Å². The highest BCUT2D eigenvalue weighted by Crippen LogP contribution is 2.31. The van der Waals surface area contributed by atoms with Gasteiger partial charge in [0.2, 0.25) is 0 Å². The Labute approximate surface area is 171 Å². The molecule has 0 amide bonds. The second-order valence-electron chi connectivity index (χ2n) is 6.97. The molecule has 0 spiro atoms. The zero-order valence-corrected chi connectivity index (χ0v) is 19.1. The first-order valence-corrected chi connectivity index (χ1v) is 11.9. The molecule has 0 aromatic heterocycles. The molecule has 0 bridgehead atoms. The Morgan fingerprint density at radius 1 is 0.893 bits per heavy atom. The number of rotatable bonds is 17. The van der Waals surface area contributed by atoms with Gasteiger partial charge in [0.15, 0.2) is 0 Å². The van der Waals surface area contributed by atoms with Crippen molar-refractivity contribution >= 4 is 9.28 Å². The maximum absolute atomic E-state index is 10.3. The van der Waals surface area contributed by atoms with Crippen LogP contribution in [0.3, 0.4) is 0 Å². The highest BCUT2D eigenvalue weighted by atomic mass is 28.3. The number of methoxy groups -OCH3 is 3. The lowest BCUT2D eigenvalue weighted by atomic mass is 9.83. The quantitative estimate of drug-likeness (QED) is 0.274. The molecule has 4 unspecified atom stereocenters. The zero-order chi connectivity index (χ0) is 20.6. The third kappa shape index (κ3) is 10.6. The first-order chi connectivity index (χ1) is 13.7. The van der Waals surface area contributed by atoms with E-state index in [0.717, 1.165) is 25.7 Å². The van der Waals surface area contributed by atoms with E-state index >= 15 is 0 Å². The van der Waals surface area contributed by atoms with Crippen molar-refractivity contribution in [2.24, 2.45) is 5.92 Å². The molecule has 4 atom stereocenters. The van der Waals surface area contributed by atoms with E-state index in [2.05, 4.69) is 0 Å². The molecular weight excluding hydrogens is 384 g/mol. The van der Waals surface area contributed by atoms with Crippen molar-refractivity contribution in [1.82, 2.24) is 0 Å². The predicted molar refractivity (Wildman–Crippen MR) is 108 cm³/mol. The van der Waals surface area contributed by atoms with Crippen molar-refractivity contribution in [3.05, 3.63) is 0 Å². The molecule has 1 saturated carbocycles. The van der Waals surface area contributed by atoms with Crippen molar-refractivity contribution in [3.63, 3.8) is 0 Å². The molecule has 28 heavy (non-hydrogen) atoms. The van der Waals surface area contributed by atoms with Crippen LogP contribution in [0.5, 0.6) is 0 Å². The molecule has 1 fully saturated rings. The first kappa shape index (κ1) is 25.9. The molecule has 0 heterocycles. The van der Waals surface area contributed by atoms with Crippen LogP contribution >= 0.6 is 0 Å². The van der Waals surface area contributed by atoms with Crippen LogP contribution < -0.4 is 0 Å². The van der Waals surface area contributed by atoms with Gasteiger partial charge < -0.3 is 37.6 Å². The molecule has 0 aromatic carbocycles. The summed E-state index contributed by atoms with van der Waals surface area (Å²) in [7, 11) is 2.89. The van der Waals surface area contributed by atoms with Crippen LogP contribution in [0.2, 0.25) is 0 Å². The number of aliphatic hydroxyl groups excluding tert-OH is 1. The fourth-order valence-electron chi connectivity index (χ4n) is 3.43. The van der Waals surface area contributed by atoms with Gasteiger partial charge in [0.1, 0.15) is 0 Å². The smallest absolute Gasteiger partial charge is 0.351 e. The molecule has 1 N–H and O–H groups in total. The molecule has 1 rings (SSSR count). The summed E-state index contributed by atoms with van der Waals surface area (Å²) in [5.41, 5.74) is -0.0569. The SMILES string of the molecule is CCOC(CC1CCC(O)C(OCCOC)C1)[SiH](OCCOC)OCCOC. The standard InChI is InChI=1S/C19H40O8Si/c1-5-24-19(28(26-12-9-22-3)27-13-10-23-4)15-16-6-7-17(20)18(14-16)25-11-8-21-2/h16-20,28H,5-15H2,1-4H3. The van der Waals surface area contributed by atoms with Gasteiger partial charge in [0.25, 0.3) is 0 Å². The summed E-state index contributed by atoms with van der Waals surface area (Å²) in [6.07, 6.45) is 2.78. The van der Waals surface area contributed by atoms with Gasteiger partial charge in [-0.15, -0.1) is 0 Å². The van der Waals surface area contributed by atoms with Gasteiger partial charge in [0, 0.05) is 27.9 Å². The Kier molecular flexibility index (Phi) is 15.4. The van der Waals surface area contributed by atoms with Crippen molar-refractivity contribution in [1.29, 1.82) is 0 Å². The van der Waals surface area contributed by atoms with E-state index in [-0.39, 0.29) is 11.8 Å². The minimum atomic E-state index is -2.07. The van der Waals surface area contributed by atoms with Crippen LogP contribution in [0.25, 0.3) is 0 Å². The normalized spacial score (nSPS) is 24.0. The van der Waals surface area contributed by atoms with Crippen molar-refractivity contribution < 1.29 is 37.6 Å². The minimum absolute atomic E-state index is 0.0569. The number of aliphatic hydroxyl groups is 1. The molecule has 9 heteroatoms. The van der Waals surface area contributed by atoms with Crippen molar-refractivity contribution in [3.8, 4) is 0 Å². The van der Waals surface area contributed by atoms with Crippen LogP contribution in [-0.2, 0) is 32.5 Å². The third-order valence-electron chi connectivity index (χ3n) is 4.87. The van der Waals surface area contributed by atoms with Gasteiger partial charge in [-0.1, -0.05) is 0 Å². The molecule has 8 nitrogen and oxygen atoms in total. The van der Waals surface area contributed by atoms with Gasteiger partial charge in [-0.2, -0.15) is 0 Å². The monoisotopic (exact) mass is 424 g/mol. The Balaban J connectivity index is 2.63. The molecule has 1 aliphatic carbocycles. The van der Waals surface area contributed by atoms with Gasteiger partial charge in [0.05, 0.1) is 57.6 Å². The molecule has 0 aromatic rings. The summed E-state index contributed by atoms with van der Waals surface area (Å²) >= 11 is 0. The van der Waals surface area contributed by atoms with Crippen LogP contribution in [0, 0.1) is 5.92 Å². The molecule has 0 radical (unpaired) electrons. The predicted octanol–water partition coefficient (Wildman–Crippen LogP) is 1.06. The number of ether oxygens (including phenoxy) is 5. The van der Waals surface area contributed by atoms with Gasteiger partial charge in [-0.05, 0) is 38.5 Å². The number of hydrogen-bond acceptors (Lipinski definition) is 8. The summed E-state index contributed by atoms with van der Waals surface area (Å²) in [4.78, 5) is 0. The van der Waals surface area contributed by atoms with E-state index in [0.29, 0.717) is 52.2 Å². The second-order valence-corrected chi connectivity index (χ2v) is 9.12. The molecule has 168 valence electrons. The van der Waals surface area contributed by atoms with Crippen molar-refractivity contribution in [2.45, 2.75) is 50.5 Å². The summed E-state index contributed by atoms with van der Waals surface area (Å²) < 4.78 is 39.2. The first-order valence-electron chi connectivity index (χ1n) is 10.3. The summed E-state index contributed by atoms with van der Waals surface area (Å²) in [6.45, 7) is 5.68. The van der Waals surface area contributed by atoms with E-state index in [9.17, 15) is 5.11 Å². The Morgan fingerprint density at radius 2 is 1.50 bits per heavy atom.